The Balaban J connectivity index is 1.34. The van der Waals surface area contributed by atoms with Gasteiger partial charge in [0.15, 0.2) is 5.82 Å². The maximum absolute atomic E-state index is 14.3. The average molecular weight is 457 g/mol. The minimum Gasteiger partial charge on any atom is -0.370 e. The summed E-state index contributed by atoms with van der Waals surface area (Å²) in [4.78, 5) is 26.9. The predicted octanol–water partition coefficient (Wildman–Crippen LogP) is 3.07. The molecule has 6 nitrogen and oxygen atoms in total. The number of amides is 2. The van der Waals surface area contributed by atoms with Crippen molar-refractivity contribution in [2.75, 3.05) is 37.6 Å². The Morgan fingerprint density at radius 3 is 2.39 bits per heavy atom. The van der Waals surface area contributed by atoms with Crippen LogP contribution in [0.25, 0.3) is 0 Å². The SMILES string of the molecule is NC(=O)CCC(=O)NC1CCC(CCN2CCN(c3ccc(F)c(Cl)c3F)CC2)CC1. The molecule has 0 bridgehead atoms. The summed E-state index contributed by atoms with van der Waals surface area (Å²) in [6.07, 6.45) is 5.46. The van der Waals surface area contributed by atoms with Gasteiger partial charge in [0.2, 0.25) is 11.8 Å². The first-order valence-electron chi connectivity index (χ1n) is 11.0. The van der Waals surface area contributed by atoms with E-state index in [0.29, 0.717) is 24.7 Å². The van der Waals surface area contributed by atoms with Crippen molar-refractivity contribution in [2.45, 2.75) is 51.0 Å². The number of anilines is 1. The summed E-state index contributed by atoms with van der Waals surface area (Å²) in [6.45, 7) is 4.03. The number of rotatable bonds is 8. The number of benzene rings is 1. The van der Waals surface area contributed by atoms with Gasteiger partial charge < -0.3 is 16.0 Å². The Morgan fingerprint density at radius 1 is 1.06 bits per heavy atom. The Labute approximate surface area is 187 Å². The second kappa shape index (κ2) is 11.1. The van der Waals surface area contributed by atoms with Crippen LogP contribution in [0.2, 0.25) is 5.02 Å². The molecule has 3 rings (SSSR count). The summed E-state index contributed by atoms with van der Waals surface area (Å²) >= 11 is 5.70. The predicted molar refractivity (Wildman–Crippen MR) is 117 cm³/mol. The van der Waals surface area contributed by atoms with Crippen LogP contribution in [0.1, 0.15) is 44.9 Å². The molecule has 1 saturated carbocycles. The molecule has 2 fully saturated rings. The van der Waals surface area contributed by atoms with Crippen LogP contribution >= 0.6 is 11.6 Å². The molecular formula is C22H31ClF2N4O2. The largest absolute Gasteiger partial charge is 0.370 e. The molecule has 172 valence electrons. The van der Waals surface area contributed by atoms with Gasteiger partial charge in [-0.25, -0.2) is 8.78 Å². The van der Waals surface area contributed by atoms with E-state index in [4.69, 9.17) is 17.3 Å². The smallest absolute Gasteiger partial charge is 0.220 e. The minimum absolute atomic E-state index is 0.0925. The first kappa shape index (κ1) is 23.7. The number of primary amides is 1. The van der Waals surface area contributed by atoms with Crippen LogP contribution in [0.5, 0.6) is 0 Å². The fraction of sp³-hybridized carbons (Fsp3) is 0.636. The number of hydrogen-bond acceptors (Lipinski definition) is 4. The lowest BCUT2D eigenvalue weighted by Gasteiger charge is -2.37. The van der Waals surface area contributed by atoms with Crippen molar-refractivity contribution >= 4 is 29.1 Å². The van der Waals surface area contributed by atoms with Crippen molar-refractivity contribution in [3.05, 3.63) is 28.8 Å². The molecule has 0 radical (unpaired) electrons. The number of piperazine rings is 1. The lowest BCUT2D eigenvalue weighted by Crippen LogP contribution is -2.47. The van der Waals surface area contributed by atoms with Crippen molar-refractivity contribution in [2.24, 2.45) is 11.7 Å². The zero-order valence-electron chi connectivity index (χ0n) is 17.7. The Morgan fingerprint density at radius 2 is 1.74 bits per heavy atom. The molecule has 0 unspecified atom stereocenters. The van der Waals surface area contributed by atoms with Gasteiger partial charge in [-0.2, -0.15) is 0 Å². The lowest BCUT2D eigenvalue weighted by atomic mass is 9.84. The highest BCUT2D eigenvalue weighted by Gasteiger charge is 2.25. The average Bonchev–Trinajstić information content (AvgIpc) is 2.76. The molecule has 1 aromatic rings. The number of halogens is 3. The third-order valence-electron chi connectivity index (χ3n) is 6.39. The molecule has 1 heterocycles. The van der Waals surface area contributed by atoms with Crippen LogP contribution in [0.3, 0.4) is 0 Å². The van der Waals surface area contributed by atoms with E-state index in [0.717, 1.165) is 51.7 Å². The summed E-state index contributed by atoms with van der Waals surface area (Å²) in [5.41, 5.74) is 5.44. The van der Waals surface area contributed by atoms with Crippen molar-refractivity contribution < 1.29 is 18.4 Å². The van der Waals surface area contributed by atoms with Crippen LogP contribution in [-0.4, -0.2) is 55.5 Å². The zero-order valence-corrected chi connectivity index (χ0v) is 18.5. The summed E-state index contributed by atoms with van der Waals surface area (Å²) in [7, 11) is 0. The number of nitrogens with two attached hydrogens (primary N) is 1. The van der Waals surface area contributed by atoms with Gasteiger partial charge in [0.1, 0.15) is 10.8 Å². The van der Waals surface area contributed by atoms with E-state index in [1.807, 2.05) is 4.90 Å². The molecule has 0 spiro atoms. The summed E-state index contributed by atoms with van der Waals surface area (Å²) in [5.74, 6) is -1.33. The third-order valence-corrected chi connectivity index (χ3v) is 6.74. The third kappa shape index (κ3) is 6.77. The van der Waals surface area contributed by atoms with E-state index in [1.54, 1.807) is 0 Å². The van der Waals surface area contributed by atoms with Crippen molar-refractivity contribution in [1.29, 1.82) is 0 Å². The molecule has 1 saturated heterocycles. The Hall–Kier alpha value is -1.93. The van der Waals surface area contributed by atoms with Crippen molar-refractivity contribution in [1.82, 2.24) is 10.2 Å². The van der Waals surface area contributed by atoms with Crippen LogP contribution in [0, 0.1) is 17.6 Å². The van der Waals surface area contributed by atoms with Gasteiger partial charge in [0, 0.05) is 45.1 Å². The molecule has 2 amide bonds. The minimum atomic E-state index is -0.735. The topological polar surface area (TPSA) is 78.7 Å². The van der Waals surface area contributed by atoms with Crippen molar-refractivity contribution in [3.8, 4) is 0 Å². The van der Waals surface area contributed by atoms with Gasteiger partial charge in [-0.15, -0.1) is 0 Å². The van der Waals surface area contributed by atoms with Crippen LogP contribution in [0.15, 0.2) is 12.1 Å². The first-order chi connectivity index (χ1) is 14.8. The number of nitrogens with one attached hydrogen (secondary N) is 1. The van der Waals surface area contributed by atoms with Gasteiger partial charge in [-0.3, -0.25) is 14.5 Å². The summed E-state index contributed by atoms with van der Waals surface area (Å²) in [6, 6.07) is 2.86. The van der Waals surface area contributed by atoms with E-state index in [1.165, 1.54) is 12.1 Å². The number of carbonyl (C=O) groups is 2. The first-order valence-corrected chi connectivity index (χ1v) is 11.4. The standard InChI is InChI=1S/C22H31ClF2N4O2/c23-21-17(24)5-6-18(22(21)25)29-13-11-28(12-14-29)10-9-15-1-3-16(4-2-15)27-20(31)8-7-19(26)30/h5-6,15-16H,1-4,7-14H2,(H2,26,30)(H,27,31). The van der Waals surface area contributed by atoms with E-state index in [9.17, 15) is 18.4 Å². The fourth-order valence-corrected chi connectivity index (χ4v) is 4.63. The van der Waals surface area contributed by atoms with E-state index >= 15 is 0 Å². The molecule has 0 atom stereocenters. The van der Waals surface area contributed by atoms with E-state index in [-0.39, 0.29) is 24.8 Å². The Bertz CT molecular complexity index is 779. The van der Waals surface area contributed by atoms with E-state index < -0.39 is 22.6 Å². The molecule has 9 heteroatoms. The molecule has 31 heavy (non-hydrogen) atoms. The second-order valence-electron chi connectivity index (χ2n) is 8.56. The molecule has 1 aliphatic heterocycles. The molecule has 2 aliphatic rings. The zero-order chi connectivity index (χ0) is 22.4. The molecule has 3 N–H and O–H groups in total. The molecule has 1 aliphatic carbocycles. The number of hydrogen-bond donors (Lipinski definition) is 2. The Kier molecular flexibility index (Phi) is 8.49. The van der Waals surface area contributed by atoms with E-state index in [2.05, 4.69) is 10.2 Å². The highest BCUT2D eigenvalue weighted by atomic mass is 35.5. The number of carbonyl (C=O) groups excluding carboxylic acids is 2. The fourth-order valence-electron chi connectivity index (χ4n) is 4.47. The lowest BCUT2D eigenvalue weighted by molar-refractivity contribution is -0.125. The highest BCUT2D eigenvalue weighted by Crippen LogP contribution is 2.30. The quantitative estimate of drug-likeness (QED) is 0.589. The van der Waals surface area contributed by atoms with Crippen LogP contribution in [0.4, 0.5) is 14.5 Å². The second-order valence-corrected chi connectivity index (χ2v) is 8.94. The highest BCUT2D eigenvalue weighted by molar-refractivity contribution is 6.31. The van der Waals surface area contributed by atoms with Gasteiger partial charge in [0.05, 0.1) is 5.69 Å². The summed E-state index contributed by atoms with van der Waals surface area (Å²) < 4.78 is 27.6. The monoisotopic (exact) mass is 456 g/mol. The van der Waals surface area contributed by atoms with Crippen LogP contribution < -0.4 is 16.0 Å². The van der Waals surface area contributed by atoms with Gasteiger partial charge in [-0.05, 0) is 56.7 Å². The van der Waals surface area contributed by atoms with Gasteiger partial charge in [0.25, 0.3) is 0 Å². The van der Waals surface area contributed by atoms with Gasteiger partial charge in [-0.1, -0.05) is 11.6 Å². The number of nitrogens with zero attached hydrogens (tertiary/aromatic N) is 2. The van der Waals surface area contributed by atoms with Gasteiger partial charge >= 0.3 is 0 Å². The summed E-state index contributed by atoms with van der Waals surface area (Å²) in [5, 5.41) is 2.56. The maximum Gasteiger partial charge on any atom is 0.220 e. The van der Waals surface area contributed by atoms with Crippen LogP contribution in [-0.2, 0) is 9.59 Å². The molecule has 1 aromatic carbocycles. The van der Waals surface area contributed by atoms with Crippen molar-refractivity contribution in [3.63, 3.8) is 0 Å². The molecular weight excluding hydrogens is 426 g/mol. The molecule has 0 aromatic heterocycles. The maximum atomic E-state index is 14.3. The normalized spacial score (nSPS) is 22.4.